The Morgan fingerprint density at radius 2 is 1.90 bits per heavy atom. The Kier molecular flexibility index (Phi) is 5.31. The number of hydrogen-bond acceptors (Lipinski definition) is 6. The SMILES string of the molecule is O=C(c1ccc(-n2nnc3cccnc32)cc1)N(c1ncccc1Cl)C1CCCNC1. The van der Waals surface area contributed by atoms with Crippen LogP contribution in [0, 0.1) is 0 Å². The van der Waals surface area contributed by atoms with Gasteiger partial charge >= 0.3 is 0 Å². The van der Waals surface area contributed by atoms with E-state index in [1.807, 2.05) is 24.3 Å². The summed E-state index contributed by atoms with van der Waals surface area (Å²) in [4.78, 5) is 24.0. The van der Waals surface area contributed by atoms with Gasteiger partial charge in [-0.05, 0) is 67.9 Å². The monoisotopic (exact) mass is 433 g/mol. The average molecular weight is 434 g/mol. The van der Waals surface area contributed by atoms with E-state index in [0.29, 0.717) is 34.1 Å². The van der Waals surface area contributed by atoms with Crippen molar-refractivity contribution >= 4 is 34.5 Å². The van der Waals surface area contributed by atoms with E-state index in [2.05, 4.69) is 25.6 Å². The number of carbonyl (C=O) groups is 1. The van der Waals surface area contributed by atoms with Crippen molar-refractivity contribution in [2.75, 3.05) is 18.0 Å². The smallest absolute Gasteiger partial charge is 0.259 e. The van der Waals surface area contributed by atoms with Crippen molar-refractivity contribution in [3.8, 4) is 5.69 Å². The van der Waals surface area contributed by atoms with Crippen molar-refractivity contribution < 1.29 is 4.79 Å². The Labute approximate surface area is 183 Å². The second-order valence-electron chi connectivity index (χ2n) is 7.38. The molecular weight excluding hydrogens is 414 g/mol. The quantitative estimate of drug-likeness (QED) is 0.531. The van der Waals surface area contributed by atoms with E-state index in [9.17, 15) is 4.79 Å². The van der Waals surface area contributed by atoms with Crippen LogP contribution in [0.25, 0.3) is 16.9 Å². The van der Waals surface area contributed by atoms with Crippen molar-refractivity contribution in [1.82, 2.24) is 30.3 Å². The molecule has 1 atom stereocenters. The predicted molar refractivity (Wildman–Crippen MR) is 119 cm³/mol. The van der Waals surface area contributed by atoms with Crippen molar-refractivity contribution in [2.45, 2.75) is 18.9 Å². The number of fused-ring (bicyclic) bond motifs is 1. The lowest BCUT2D eigenvalue weighted by Gasteiger charge is -2.34. The average Bonchev–Trinajstić information content (AvgIpc) is 3.25. The number of aromatic nitrogens is 5. The Hall–Kier alpha value is -3.36. The molecule has 1 unspecified atom stereocenters. The third-order valence-electron chi connectivity index (χ3n) is 5.39. The van der Waals surface area contributed by atoms with Gasteiger partial charge in [0, 0.05) is 24.5 Å². The van der Waals surface area contributed by atoms with Gasteiger partial charge in [-0.1, -0.05) is 16.8 Å². The van der Waals surface area contributed by atoms with E-state index >= 15 is 0 Å². The summed E-state index contributed by atoms with van der Waals surface area (Å²) in [6, 6.07) is 14.4. The molecule has 156 valence electrons. The minimum absolute atomic E-state index is 0.0169. The molecule has 1 aliphatic rings. The summed E-state index contributed by atoms with van der Waals surface area (Å²) in [6.07, 6.45) is 5.24. The zero-order valence-corrected chi connectivity index (χ0v) is 17.4. The number of amides is 1. The zero-order chi connectivity index (χ0) is 21.2. The lowest BCUT2D eigenvalue weighted by Crippen LogP contribution is -2.49. The topological polar surface area (TPSA) is 88.8 Å². The Morgan fingerprint density at radius 1 is 1.10 bits per heavy atom. The number of nitrogens with one attached hydrogen (secondary N) is 1. The van der Waals surface area contributed by atoms with Gasteiger partial charge in [0.1, 0.15) is 5.52 Å². The van der Waals surface area contributed by atoms with Crippen LogP contribution >= 0.6 is 11.6 Å². The summed E-state index contributed by atoms with van der Waals surface area (Å²) in [7, 11) is 0. The second-order valence-corrected chi connectivity index (χ2v) is 7.79. The van der Waals surface area contributed by atoms with Crippen LogP contribution in [0.2, 0.25) is 5.02 Å². The molecule has 1 N–H and O–H groups in total. The third kappa shape index (κ3) is 3.75. The molecule has 0 spiro atoms. The second kappa shape index (κ2) is 8.41. The maximum absolute atomic E-state index is 13.6. The van der Waals surface area contributed by atoms with Gasteiger partial charge in [-0.2, -0.15) is 4.68 Å². The van der Waals surface area contributed by atoms with Crippen molar-refractivity contribution in [2.24, 2.45) is 0 Å². The number of halogens is 1. The number of piperidine rings is 1. The van der Waals surface area contributed by atoms with E-state index in [0.717, 1.165) is 25.1 Å². The summed E-state index contributed by atoms with van der Waals surface area (Å²) in [5.74, 6) is 0.348. The summed E-state index contributed by atoms with van der Waals surface area (Å²) in [5.41, 5.74) is 2.70. The summed E-state index contributed by atoms with van der Waals surface area (Å²) >= 11 is 6.42. The molecule has 31 heavy (non-hydrogen) atoms. The molecule has 1 aromatic carbocycles. The minimum atomic E-state index is -0.137. The molecule has 5 rings (SSSR count). The van der Waals surface area contributed by atoms with Crippen LogP contribution < -0.4 is 10.2 Å². The molecule has 1 saturated heterocycles. The maximum atomic E-state index is 13.6. The zero-order valence-electron chi connectivity index (χ0n) is 16.6. The van der Waals surface area contributed by atoms with Gasteiger partial charge in [-0.15, -0.1) is 5.10 Å². The van der Waals surface area contributed by atoms with Gasteiger partial charge in [-0.25, -0.2) is 9.97 Å². The van der Waals surface area contributed by atoms with E-state index in [1.54, 1.807) is 46.2 Å². The van der Waals surface area contributed by atoms with Crippen molar-refractivity contribution in [1.29, 1.82) is 0 Å². The van der Waals surface area contributed by atoms with Crippen LogP contribution in [-0.2, 0) is 0 Å². The molecule has 9 heteroatoms. The molecule has 0 radical (unpaired) electrons. The molecule has 3 aromatic heterocycles. The van der Waals surface area contributed by atoms with Gasteiger partial charge in [0.2, 0.25) is 0 Å². The standard InChI is InChI=1S/C22H20ClN7O/c23-18-5-2-12-25-20(18)29(17-4-1-11-24-14-17)22(31)15-7-9-16(10-8-15)30-21-19(27-28-30)6-3-13-26-21/h2-3,5-10,12-13,17,24H,1,4,11,14H2. The lowest BCUT2D eigenvalue weighted by molar-refractivity contribution is 0.0971. The lowest BCUT2D eigenvalue weighted by atomic mass is 10.0. The Balaban J connectivity index is 1.48. The molecule has 0 aliphatic carbocycles. The van der Waals surface area contributed by atoms with E-state index < -0.39 is 0 Å². The van der Waals surface area contributed by atoms with E-state index in [-0.39, 0.29) is 11.9 Å². The number of benzene rings is 1. The first-order chi connectivity index (χ1) is 15.2. The fourth-order valence-corrected chi connectivity index (χ4v) is 4.08. The van der Waals surface area contributed by atoms with Crippen molar-refractivity contribution in [3.63, 3.8) is 0 Å². The van der Waals surface area contributed by atoms with Crippen LogP contribution in [0.1, 0.15) is 23.2 Å². The van der Waals surface area contributed by atoms with Gasteiger partial charge < -0.3 is 5.32 Å². The molecular formula is C22H20ClN7O. The number of rotatable bonds is 4. The van der Waals surface area contributed by atoms with Gasteiger partial charge in [0.25, 0.3) is 5.91 Å². The molecule has 8 nitrogen and oxygen atoms in total. The fraction of sp³-hybridized carbons (Fsp3) is 0.227. The Morgan fingerprint density at radius 3 is 2.68 bits per heavy atom. The highest BCUT2D eigenvalue weighted by atomic mass is 35.5. The van der Waals surface area contributed by atoms with E-state index in [4.69, 9.17) is 11.6 Å². The highest BCUT2D eigenvalue weighted by Gasteiger charge is 2.30. The van der Waals surface area contributed by atoms with Crippen LogP contribution in [0.5, 0.6) is 0 Å². The largest absolute Gasteiger partial charge is 0.315 e. The number of pyridine rings is 2. The van der Waals surface area contributed by atoms with Crippen LogP contribution in [0.15, 0.2) is 60.9 Å². The summed E-state index contributed by atoms with van der Waals surface area (Å²) in [5, 5.41) is 12.1. The number of hydrogen-bond donors (Lipinski definition) is 1. The highest BCUT2D eigenvalue weighted by molar-refractivity contribution is 6.33. The predicted octanol–water partition coefficient (Wildman–Crippen LogP) is 3.26. The molecule has 1 fully saturated rings. The summed E-state index contributed by atoms with van der Waals surface area (Å²) in [6.45, 7) is 1.65. The normalized spacial score (nSPS) is 16.4. The Bertz CT molecular complexity index is 1220. The van der Waals surface area contributed by atoms with Gasteiger partial charge in [0.15, 0.2) is 11.5 Å². The maximum Gasteiger partial charge on any atom is 0.259 e. The third-order valence-corrected chi connectivity index (χ3v) is 5.68. The molecule has 4 aromatic rings. The number of carbonyl (C=O) groups excluding carboxylic acids is 1. The minimum Gasteiger partial charge on any atom is -0.315 e. The van der Waals surface area contributed by atoms with Crippen LogP contribution in [0.3, 0.4) is 0 Å². The highest BCUT2D eigenvalue weighted by Crippen LogP contribution is 2.28. The molecule has 4 heterocycles. The van der Waals surface area contributed by atoms with Crippen LogP contribution in [0.4, 0.5) is 5.82 Å². The first-order valence-electron chi connectivity index (χ1n) is 10.1. The van der Waals surface area contributed by atoms with Gasteiger partial charge in [0.05, 0.1) is 16.8 Å². The van der Waals surface area contributed by atoms with Gasteiger partial charge in [-0.3, -0.25) is 9.69 Å². The molecule has 1 amide bonds. The number of nitrogens with zero attached hydrogens (tertiary/aromatic N) is 6. The van der Waals surface area contributed by atoms with Crippen LogP contribution in [-0.4, -0.2) is 50.0 Å². The molecule has 1 aliphatic heterocycles. The first-order valence-corrected chi connectivity index (χ1v) is 10.5. The molecule has 0 saturated carbocycles. The molecule has 0 bridgehead atoms. The summed E-state index contributed by atoms with van der Waals surface area (Å²) < 4.78 is 1.65. The van der Waals surface area contributed by atoms with Crippen molar-refractivity contribution in [3.05, 3.63) is 71.5 Å². The van der Waals surface area contributed by atoms with E-state index in [1.165, 1.54) is 0 Å². The fourth-order valence-electron chi connectivity index (χ4n) is 3.87. The first kappa shape index (κ1) is 19.6. The number of anilines is 1.